The highest BCUT2D eigenvalue weighted by atomic mass is 35.5. The Kier molecular flexibility index (Phi) is 6.65. The smallest absolute Gasteiger partial charge is 0.337 e. The number of methoxy groups -OCH3 is 1. The molecule has 0 bridgehead atoms. The summed E-state index contributed by atoms with van der Waals surface area (Å²) >= 11 is 10.9. The van der Waals surface area contributed by atoms with Crippen molar-refractivity contribution in [3.05, 3.63) is 70.2 Å². The second-order valence-corrected chi connectivity index (χ2v) is 5.73. The van der Waals surface area contributed by atoms with E-state index in [4.69, 9.17) is 23.8 Å². The van der Waals surface area contributed by atoms with Gasteiger partial charge in [-0.2, -0.15) is 0 Å². The van der Waals surface area contributed by atoms with Crippen molar-refractivity contribution in [1.82, 2.24) is 16.2 Å². The lowest BCUT2D eigenvalue weighted by molar-refractivity contribution is 0.0600. The quantitative estimate of drug-likeness (QED) is 0.421. The fourth-order valence-corrected chi connectivity index (χ4v) is 2.27. The first-order valence-corrected chi connectivity index (χ1v) is 8.05. The van der Waals surface area contributed by atoms with Crippen LogP contribution in [0.25, 0.3) is 0 Å². The predicted octanol–water partition coefficient (Wildman–Crippen LogP) is 2.08. The zero-order valence-electron chi connectivity index (χ0n) is 13.5. The van der Waals surface area contributed by atoms with Crippen LogP contribution >= 0.6 is 23.8 Å². The molecule has 0 aliphatic rings. The van der Waals surface area contributed by atoms with E-state index in [2.05, 4.69) is 20.9 Å². The van der Waals surface area contributed by atoms with Crippen LogP contribution in [-0.4, -0.2) is 30.0 Å². The Morgan fingerprint density at radius 2 is 1.54 bits per heavy atom. The number of nitrogens with one attached hydrogen (secondary N) is 3. The number of hydrogen-bond acceptors (Lipinski definition) is 5. The van der Waals surface area contributed by atoms with E-state index in [0.29, 0.717) is 5.56 Å². The van der Waals surface area contributed by atoms with Gasteiger partial charge in [0.25, 0.3) is 11.8 Å². The highest BCUT2D eigenvalue weighted by molar-refractivity contribution is 7.80. The number of carbonyl (C=O) groups excluding carboxylic acids is 3. The van der Waals surface area contributed by atoms with E-state index in [1.165, 1.54) is 31.4 Å². The Morgan fingerprint density at radius 1 is 0.923 bits per heavy atom. The number of esters is 1. The van der Waals surface area contributed by atoms with Gasteiger partial charge in [-0.1, -0.05) is 23.7 Å². The molecule has 0 atom stereocenters. The summed E-state index contributed by atoms with van der Waals surface area (Å²) in [7, 11) is 1.27. The van der Waals surface area contributed by atoms with Crippen molar-refractivity contribution in [2.24, 2.45) is 0 Å². The number of hydrogen-bond donors (Lipinski definition) is 3. The average Bonchev–Trinajstić information content (AvgIpc) is 2.66. The molecule has 0 radical (unpaired) electrons. The molecule has 2 aromatic rings. The first kappa shape index (κ1) is 19.4. The Balaban J connectivity index is 1.89. The molecule has 26 heavy (non-hydrogen) atoms. The molecule has 2 rings (SSSR count). The molecule has 0 saturated heterocycles. The van der Waals surface area contributed by atoms with Crippen LogP contribution in [0.2, 0.25) is 5.02 Å². The van der Waals surface area contributed by atoms with Crippen LogP contribution in [0.5, 0.6) is 0 Å². The standard InChI is InChI=1S/C17H14ClN3O4S/c1-25-16(24)11-8-6-10(7-9-11)14(22)19-17(26)21-20-15(23)12-4-2-3-5-13(12)18/h2-9H,1H3,(H,20,23)(H2,19,21,22,26). The minimum atomic E-state index is -0.508. The normalized spacial score (nSPS) is 9.77. The Hall–Kier alpha value is -2.97. The molecule has 2 aromatic carbocycles. The maximum Gasteiger partial charge on any atom is 0.337 e. The predicted molar refractivity (Wildman–Crippen MR) is 99.9 cm³/mol. The third kappa shape index (κ3) is 5.01. The largest absolute Gasteiger partial charge is 0.465 e. The van der Waals surface area contributed by atoms with Gasteiger partial charge in [-0.3, -0.25) is 25.8 Å². The lowest BCUT2D eigenvalue weighted by atomic mass is 10.1. The van der Waals surface area contributed by atoms with Crippen molar-refractivity contribution < 1.29 is 19.1 Å². The highest BCUT2D eigenvalue weighted by Crippen LogP contribution is 2.14. The number of carbonyl (C=O) groups is 3. The number of amides is 2. The zero-order chi connectivity index (χ0) is 19.1. The SMILES string of the molecule is COC(=O)c1ccc(C(=O)NC(=S)NNC(=O)c2ccccc2Cl)cc1. The van der Waals surface area contributed by atoms with Crippen LogP contribution in [0.15, 0.2) is 48.5 Å². The first-order chi connectivity index (χ1) is 12.4. The molecule has 0 spiro atoms. The molecule has 0 aliphatic heterocycles. The van der Waals surface area contributed by atoms with Crippen molar-refractivity contribution >= 4 is 46.7 Å². The van der Waals surface area contributed by atoms with Gasteiger partial charge in [0.05, 0.1) is 23.3 Å². The first-order valence-electron chi connectivity index (χ1n) is 7.27. The van der Waals surface area contributed by atoms with Crippen LogP contribution < -0.4 is 16.2 Å². The monoisotopic (exact) mass is 391 g/mol. The number of ether oxygens (including phenoxy) is 1. The summed E-state index contributed by atoms with van der Waals surface area (Å²) in [5.74, 6) is -1.52. The lowest BCUT2D eigenvalue weighted by Crippen LogP contribution is -2.48. The van der Waals surface area contributed by atoms with E-state index >= 15 is 0 Å². The topological polar surface area (TPSA) is 96.5 Å². The van der Waals surface area contributed by atoms with Crippen molar-refractivity contribution in [2.75, 3.05) is 7.11 Å². The van der Waals surface area contributed by atoms with Crippen molar-refractivity contribution in [3.8, 4) is 0 Å². The fourth-order valence-electron chi connectivity index (χ4n) is 1.91. The third-order valence-electron chi connectivity index (χ3n) is 3.20. The van der Waals surface area contributed by atoms with Crippen molar-refractivity contribution in [2.45, 2.75) is 0 Å². The van der Waals surface area contributed by atoms with E-state index in [1.807, 2.05) is 0 Å². The van der Waals surface area contributed by atoms with Crippen LogP contribution in [-0.2, 0) is 4.74 Å². The molecule has 134 valence electrons. The van der Waals surface area contributed by atoms with Gasteiger partial charge >= 0.3 is 5.97 Å². The summed E-state index contributed by atoms with van der Waals surface area (Å²) in [5, 5.41) is 2.58. The molecular weight excluding hydrogens is 378 g/mol. The van der Waals surface area contributed by atoms with E-state index in [1.54, 1.807) is 24.3 Å². The molecule has 0 saturated carbocycles. The zero-order valence-corrected chi connectivity index (χ0v) is 15.1. The number of rotatable bonds is 3. The molecule has 0 unspecified atom stereocenters. The summed E-state index contributed by atoms with van der Waals surface area (Å²) < 4.78 is 4.58. The Morgan fingerprint density at radius 3 is 2.15 bits per heavy atom. The van der Waals surface area contributed by atoms with E-state index in [-0.39, 0.29) is 21.3 Å². The highest BCUT2D eigenvalue weighted by Gasteiger charge is 2.12. The van der Waals surface area contributed by atoms with Crippen LogP contribution in [0.3, 0.4) is 0 Å². The minimum absolute atomic E-state index is 0.104. The van der Waals surface area contributed by atoms with Gasteiger partial charge in [0, 0.05) is 5.56 Å². The molecule has 0 aliphatic carbocycles. The average molecular weight is 392 g/mol. The summed E-state index contributed by atoms with van der Waals surface area (Å²) in [6.07, 6.45) is 0. The van der Waals surface area contributed by atoms with Gasteiger partial charge in [0.1, 0.15) is 0 Å². The number of halogens is 1. The van der Waals surface area contributed by atoms with Gasteiger partial charge in [0.2, 0.25) is 0 Å². The molecule has 0 heterocycles. The summed E-state index contributed by atoms with van der Waals surface area (Å²) in [5.41, 5.74) is 5.60. The Labute approximate surface area is 159 Å². The molecule has 0 fully saturated rings. The molecule has 2 amide bonds. The van der Waals surface area contributed by atoms with Gasteiger partial charge in [0.15, 0.2) is 5.11 Å². The third-order valence-corrected chi connectivity index (χ3v) is 3.74. The molecular formula is C17H14ClN3O4S. The maximum absolute atomic E-state index is 12.1. The van der Waals surface area contributed by atoms with Crippen molar-refractivity contribution in [1.29, 1.82) is 0 Å². The van der Waals surface area contributed by atoms with E-state index < -0.39 is 17.8 Å². The fraction of sp³-hybridized carbons (Fsp3) is 0.0588. The van der Waals surface area contributed by atoms with Gasteiger partial charge in [-0.05, 0) is 48.6 Å². The number of thiocarbonyl (C=S) groups is 1. The van der Waals surface area contributed by atoms with Gasteiger partial charge in [-0.15, -0.1) is 0 Å². The molecule has 7 nitrogen and oxygen atoms in total. The second-order valence-electron chi connectivity index (χ2n) is 4.91. The summed E-state index contributed by atoms with van der Waals surface area (Å²) in [6.45, 7) is 0. The van der Waals surface area contributed by atoms with Gasteiger partial charge in [-0.25, -0.2) is 4.79 Å². The van der Waals surface area contributed by atoms with E-state index in [9.17, 15) is 14.4 Å². The van der Waals surface area contributed by atoms with Gasteiger partial charge < -0.3 is 4.74 Å². The second kappa shape index (κ2) is 8.93. The van der Waals surface area contributed by atoms with Crippen LogP contribution in [0.1, 0.15) is 31.1 Å². The lowest BCUT2D eigenvalue weighted by Gasteiger charge is -2.11. The molecule has 3 N–H and O–H groups in total. The molecule has 0 aromatic heterocycles. The maximum atomic E-state index is 12.1. The Bertz CT molecular complexity index is 855. The molecule has 9 heteroatoms. The number of benzene rings is 2. The number of hydrazine groups is 1. The minimum Gasteiger partial charge on any atom is -0.465 e. The summed E-state index contributed by atoms with van der Waals surface area (Å²) in [4.78, 5) is 35.4. The van der Waals surface area contributed by atoms with Crippen molar-refractivity contribution in [3.63, 3.8) is 0 Å². The van der Waals surface area contributed by atoms with E-state index in [0.717, 1.165) is 0 Å². The van der Waals surface area contributed by atoms with Crippen LogP contribution in [0, 0.1) is 0 Å². The van der Waals surface area contributed by atoms with Crippen LogP contribution in [0.4, 0.5) is 0 Å². The summed E-state index contributed by atoms with van der Waals surface area (Å²) in [6, 6.07) is 12.3.